The molecule has 0 aliphatic heterocycles. The van der Waals surface area contributed by atoms with E-state index in [1.165, 1.54) is 18.8 Å². The number of carbonyl (C=O) groups is 1. The molecule has 2 aliphatic rings. The summed E-state index contributed by atoms with van der Waals surface area (Å²) < 4.78 is 39.3. The number of fused-ring (bicyclic) bond motifs is 1. The maximum atomic E-state index is 13.0. The van der Waals surface area contributed by atoms with Gasteiger partial charge in [0.2, 0.25) is 14.9 Å². The van der Waals surface area contributed by atoms with Crippen molar-refractivity contribution in [2.24, 2.45) is 5.92 Å². The Kier molecular flexibility index (Phi) is 5.55. The third-order valence-corrected chi connectivity index (χ3v) is 8.52. The van der Waals surface area contributed by atoms with Gasteiger partial charge in [-0.05, 0) is 80.0 Å². The van der Waals surface area contributed by atoms with Gasteiger partial charge in [0.15, 0.2) is 5.78 Å². The van der Waals surface area contributed by atoms with Crippen LogP contribution in [0.3, 0.4) is 0 Å². The summed E-state index contributed by atoms with van der Waals surface area (Å²) in [4.78, 5) is 13.0. The van der Waals surface area contributed by atoms with E-state index in [0.29, 0.717) is 17.5 Å². The van der Waals surface area contributed by atoms with Crippen molar-refractivity contribution in [3.8, 4) is 0 Å². The summed E-state index contributed by atoms with van der Waals surface area (Å²) in [5.41, 5.74) is 3.22. The molecule has 0 spiro atoms. The van der Waals surface area contributed by atoms with Crippen LogP contribution in [0.4, 0.5) is 0 Å². The number of carbonyl (C=O) groups excluding carboxylic acids is 1. The second kappa shape index (κ2) is 8.21. The lowest BCUT2D eigenvalue weighted by Crippen LogP contribution is -2.22. The van der Waals surface area contributed by atoms with Crippen molar-refractivity contribution in [2.75, 3.05) is 5.75 Å². The molecule has 0 amide bonds. The summed E-state index contributed by atoms with van der Waals surface area (Å²) in [5, 5.41) is 9.78. The van der Waals surface area contributed by atoms with Crippen molar-refractivity contribution in [3.63, 3.8) is 0 Å². The second-order valence-corrected chi connectivity index (χ2v) is 11.6. The third kappa shape index (κ3) is 4.51. The molecule has 1 aromatic carbocycles. The number of furan rings is 1. The zero-order chi connectivity index (χ0) is 23.3. The van der Waals surface area contributed by atoms with E-state index >= 15 is 0 Å². The maximum Gasteiger partial charge on any atom is 0.218 e. The summed E-state index contributed by atoms with van der Waals surface area (Å²) in [6, 6.07) is 3.77. The third-order valence-electron chi connectivity index (χ3n) is 6.99. The fourth-order valence-electron chi connectivity index (χ4n) is 4.80. The topological polar surface area (TPSA) is 84.6 Å². The summed E-state index contributed by atoms with van der Waals surface area (Å²) in [5.74, 6) is -0.187. The number of rotatable bonds is 8. The molecular formula is C25H32O5S. The van der Waals surface area contributed by atoms with Gasteiger partial charge in [-0.1, -0.05) is 25.5 Å². The predicted octanol–water partition coefficient (Wildman–Crippen LogP) is 4.48. The van der Waals surface area contributed by atoms with Crippen molar-refractivity contribution < 1.29 is 24.1 Å². The van der Waals surface area contributed by atoms with Crippen LogP contribution in [0.25, 0.3) is 0 Å². The molecule has 2 aromatic rings. The number of sulfone groups is 1. The average Bonchev–Trinajstić information content (AvgIpc) is 3.31. The molecule has 1 atom stereocenters. The SMILES string of the molecule is [2H]c1cc(C(C)C2CCC2)c(CC(=O)CS(=O)(=O)c2cc(C(C)(C)O)co2)c2c1CCC2. The molecule has 1 heterocycles. The molecule has 1 N–H and O–H groups in total. The molecular weight excluding hydrogens is 412 g/mol. The molecule has 0 bridgehead atoms. The number of hydrogen-bond donors (Lipinski definition) is 1. The molecule has 31 heavy (non-hydrogen) atoms. The summed E-state index contributed by atoms with van der Waals surface area (Å²) >= 11 is 0. The van der Waals surface area contributed by atoms with Gasteiger partial charge in [-0.2, -0.15) is 0 Å². The van der Waals surface area contributed by atoms with Gasteiger partial charge in [0, 0.05) is 18.1 Å². The molecule has 0 saturated heterocycles. The molecule has 0 radical (unpaired) electrons. The Morgan fingerprint density at radius 2 is 2.06 bits per heavy atom. The minimum atomic E-state index is -3.95. The lowest BCUT2D eigenvalue weighted by molar-refractivity contribution is -0.116. The zero-order valence-corrected chi connectivity index (χ0v) is 19.3. The van der Waals surface area contributed by atoms with Crippen LogP contribution in [0.1, 0.15) is 81.6 Å². The van der Waals surface area contributed by atoms with Crippen LogP contribution in [-0.4, -0.2) is 25.1 Å². The summed E-state index contributed by atoms with van der Waals surface area (Å²) in [7, 11) is -3.95. The maximum absolute atomic E-state index is 13.0. The molecule has 1 fully saturated rings. The van der Waals surface area contributed by atoms with Gasteiger partial charge in [0.05, 0.1) is 13.2 Å². The van der Waals surface area contributed by atoms with Gasteiger partial charge in [-0.3, -0.25) is 4.79 Å². The highest BCUT2D eigenvalue weighted by molar-refractivity contribution is 7.92. The van der Waals surface area contributed by atoms with Gasteiger partial charge in [-0.15, -0.1) is 0 Å². The van der Waals surface area contributed by atoms with Crippen molar-refractivity contribution >= 4 is 15.6 Å². The van der Waals surface area contributed by atoms with Crippen LogP contribution in [0, 0.1) is 5.92 Å². The quantitative estimate of drug-likeness (QED) is 0.647. The van der Waals surface area contributed by atoms with Crippen LogP contribution >= 0.6 is 0 Å². The van der Waals surface area contributed by atoms with Crippen LogP contribution < -0.4 is 0 Å². The van der Waals surface area contributed by atoms with Gasteiger partial charge in [-0.25, -0.2) is 8.42 Å². The number of benzene rings is 1. The highest BCUT2D eigenvalue weighted by Gasteiger charge is 2.31. The van der Waals surface area contributed by atoms with E-state index in [-0.39, 0.29) is 23.2 Å². The van der Waals surface area contributed by atoms with E-state index in [1.54, 1.807) is 13.8 Å². The first-order valence-corrected chi connectivity index (χ1v) is 12.8. The monoisotopic (exact) mass is 445 g/mol. The Morgan fingerprint density at radius 1 is 1.32 bits per heavy atom. The molecule has 2 aliphatic carbocycles. The standard InChI is InChI=1S/C25H32O5S/c1-16(17-6-4-7-17)21-11-10-18-8-5-9-22(18)23(21)13-20(26)15-31(28,29)24-12-19(14-30-24)25(2,3)27/h10-12,14,16-17,27H,4-9,13,15H2,1-3H3/i10D. The van der Waals surface area contributed by atoms with Crippen molar-refractivity contribution in [2.45, 2.75) is 82.3 Å². The van der Waals surface area contributed by atoms with E-state index in [9.17, 15) is 18.3 Å². The lowest BCUT2D eigenvalue weighted by atomic mass is 9.72. The fourth-order valence-corrected chi connectivity index (χ4v) is 5.97. The Morgan fingerprint density at radius 3 is 2.68 bits per heavy atom. The second-order valence-electron chi connectivity index (χ2n) is 9.70. The van der Waals surface area contributed by atoms with E-state index in [0.717, 1.165) is 54.4 Å². The average molecular weight is 446 g/mol. The Labute approximate surface area is 186 Å². The molecule has 1 aromatic heterocycles. The highest BCUT2D eigenvalue weighted by atomic mass is 32.2. The normalized spacial score (nSPS) is 18.4. The van der Waals surface area contributed by atoms with Gasteiger partial charge in [0.25, 0.3) is 0 Å². The molecule has 5 nitrogen and oxygen atoms in total. The number of Topliss-reactive ketones (excluding diaryl/α,β-unsaturated/α-hetero) is 1. The fraction of sp³-hybridized carbons (Fsp3) is 0.560. The number of ketones is 1. The molecule has 168 valence electrons. The van der Waals surface area contributed by atoms with E-state index in [2.05, 4.69) is 6.92 Å². The smallest absolute Gasteiger partial charge is 0.218 e. The summed E-state index contributed by atoms with van der Waals surface area (Å²) in [6.07, 6.45) is 7.48. The number of hydrogen-bond acceptors (Lipinski definition) is 5. The minimum Gasteiger partial charge on any atom is -0.453 e. The van der Waals surface area contributed by atoms with E-state index in [4.69, 9.17) is 5.79 Å². The Hall–Kier alpha value is -1.92. The minimum absolute atomic E-state index is 0.0628. The van der Waals surface area contributed by atoms with E-state index in [1.807, 2.05) is 6.07 Å². The highest BCUT2D eigenvalue weighted by Crippen LogP contribution is 2.42. The van der Waals surface area contributed by atoms with Crippen molar-refractivity contribution in [1.82, 2.24) is 0 Å². The van der Waals surface area contributed by atoms with Gasteiger partial charge < -0.3 is 9.52 Å². The molecule has 6 heteroatoms. The molecule has 1 saturated carbocycles. The number of aliphatic hydroxyl groups is 1. The van der Waals surface area contributed by atoms with E-state index < -0.39 is 21.2 Å². The first kappa shape index (κ1) is 21.0. The van der Waals surface area contributed by atoms with Crippen LogP contribution in [-0.2, 0) is 39.5 Å². The predicted molar refractivity (Wildman–Crippen MR) is 119 cm³/mol. The van der Waals surface area contributed by atoms with Crippen LogP contribution in [0.5, 0.6) is 0 Å². The van der Waals surface area contributed by atoms with Crippen molar-refractivity contribution in [3.05, 3.63) is 52.3 Å². The largest absolute Gasteiger partial charge is 0.453 e. The van der Waals surface area contributed by atoms with Crippen LogP contribution in [0.15, 0.2) is 33.9 Å². The van der Waals surface area contributed by atoms with Gasteiger partial charge in [0.1, 0.15) is 5.75 Å². The molecule has 1 unspecified atom stereocenters. The lowest BCUT2D eigenvalue weighted by Gasteiger charge is -2.33. The first-order valence-electron chi connectivity index (χ1n) is 11.7. The zero-order valence-electron chi connectivity index (χ0n) is 19.5. The van der Waals surface area contributed by atoms with Crippen molar-refractivity contribution in [1.29, 1.82) is 0 Å². The Balaban J connectivity index is 1.60. The van der Waals surface area contributed by atoms with Crippen LogP contribution in [0.2, 0.25) is 0 Å². The summed E-state index contributed by atoms with van der Waals surface area (Å²) in [6.45, 7) is 5.26. The van der Waals surface area contributed by atoms with Gasteiger partial charge >= 0.3 is 0 Å². The molecule has 4 rings (SSSR count). The Bertz CT molecular complexity index is 1140. The first-order chi connectivity index (χ1) is 15.0.